The Kier molecular flexibility index (Phi) is 8.42. The second kappa shape index (κ2) is 9.82. The normalized spacial score (nSPS) is 11.0. The van der Waals surface area contributed by atoms with Crippen LogP contribution in [0.3, 0.4) is 0 Å². The van der Waals surface area contributed by atoms with Gasteiger partial charge in [0.2, 0.25) is 0 Å². The Morgan fingerprint density at radius 2 is 1.71 bits per heavy atom. The number of unbranched alkanes of at least 4 members (excludes halogenated alkanes) is 2. The topological polar surface area (TPSA) is 52.9 Å². The molecule has 118 valence electrons. The van der Waals surface area contributed by atoms with E-state index in [-0.39, 0.29) is 0 Å². The molecule has 0 fully saturated rings. The minimum Gasteiger partial charge on any atom is -0.497 e. The standard InChI is InChI=1S/C16H28BNO3/c1-4-6-10-18(11-7-5-2)13-14-8-9-16(21-3)15(12-14)17(19)20/h8-9,12,19-20H,4-7,10-11,13H2,1-3H3. The van der Waals surface area contributed by atoms with Crippen molar-refractivity contribution in [1.29, 1.82) is 0 Å². The quantitative estimate of drug-likeness (QED) is 0.646. The highest BCUT2D eigenvalue weighted by atomic mass is 16.5. The molecule has 0 atom stereocenters. The lowest BCUT2D eigenvalue weighted by molar-refractivity contribution is 0.257. The highest BCUT2D eigenvalue weighted by Gasteiger charge is 2.18. The molecular weight excluding hydrogens is 265 g/mol. The third-order valence-electron chi connectivity index (χ3n) is 3.63. The summed E-state index contributed by atoms with van der Waals surface area (Å²) in [7, 11) is 0.0370. The highest BCUT2D eigenvalue weighted by Crippen LogP contribution is 2.13. The van der Waals surface area contributed by atoms with Crippen molar-refractivity contribution < 1.29 is 14.8 Å². The van der Waals surface area contributed by atoms with Crippen LogP contribution < -0.4 is 10.2 Å². The van der Waals surface area contributed by atoms with Gasteiger partial charge in [0, 0.05) is 12.0 Å². The molecule has 0 aliphatic carbocycles. The van der Waals surface area contributed by atoms with Crippen molar-refractivity contribution >= 4 is 12.6 Å². The lowest BCUT2D eigenvalue weighted by atomic mass is 9.78. The predicted octanol–water partition coefficient (Wildman–Crippen LogP) is 1.78. The van der Waals surface area contributed by atoms with E-state index in [0.717, 1.165) is 25.2 Å². The fourth-order valence-electron chi connectivity index (χ4n) is 2.38. The van der Waals surface area contributed by atoms with Crippen molar-refractivity contribution in [3.05, 3.63) is 23.8 Å². The van der Waals surface area contributed by atoms with E-state index in [0.29, 0.717) is 11.2 Å². The zero-order chi connectivity index (χ0) is 15.7. The molecule has 2 N–H and O–H groups in total. The number of hydrogen-bond donors (Lipinski definition) is 2. The Labute approximate surface area is 128 Å². The average Bonchev–Trinajstić information content (AvgIpc) is 2.49. The number of benzene rings is 1. The first-order valence-corrected chi connectivity index (χ1v) is 7.87. The molecule has 0 saturated carbocycles. The van der Waals surface area contributed by atoms with Crippen LogP contribution in [0.4, 0.5) is 0 Å². The molecule has 0 saturated heterocycles. The molecule has 0 bridgehead atoms. The Bertz CT molecular complexity index is 405. The summed E-state index contributed by atoms with van der Waals surface area (Å²) in [6.07, 6.45) is 4.75. The predicted molar refractivity (Wildman–Crippen MR) is 87.9 cm³/mol. The van der Waals surface area contributed by atoms with Crippen molar-refractivity contribution in [2.75, 3.05) is 20.2 Å². The van der Waals surface area contributed by atoms with Gasteiger partial charge in [0.05, 0.1) is 7.11 Å². The molecule has 1 aromatic rings. The lowest BCUT2D eigenvalue weighted by Gasteiger charge is -2.22. The molecule has 5 heteroatoms. The number of rotatable bonds is 10. The van der Waals surface area contributed by atoms with Crippen LogP contribution >= 0.6 is 0 Å². The number of methoxy groups -OCH3 is 1. The summed E-state index contributed by atoms with van der Waals surface area (Å²) in [5, 5.41) is 18.9. The van der Waals surface area contributed by atoms with E-state index >= 15 is 0 Å². The van der Waals surface area contributed by atoms with Gasteiger partial charge in [-0.25, -0.2) is 0 Å². The molecule has 0 unspecified atom stereocenters. The van der Waals surface area contributed by atoms with Gasteiger partial charge in [-0.15, -0.1) is 0 Å². The van der Waals surface area contributed by atoms with E-state index in [1.807, 2.05) is 18.2 Å². The van der Waals surface area contributed by atoms with E-state index in [1.165, 1.54) is 32.8 Å². The van der Waals surface area contributed by atoms with Crippen LogP contribution in [0.15, 0.2) is 18.2 Å². The zero-order valence-electron chi connectivity index (χ0n) is 13.5. The Morgan fingerprint density at radius 3 is 2.19 bits per heavy atom. The van der Waals surface area contributed by atoms with Gasteiger partial charge >= 0.3 is 7.12 Å². The molecule has 0 radical (unpaired) electrons. The minimum atomic E-state index is -1.50. The third-order valence-corrected chi connectivity index (χ3v) is 3.63. The van der Waals surface area contributed by atoms with Crippen LogP contribution in [0, 0.1) is 0 Å². The Morgan fingerprint density at radius 1 is 1.10 bits per heavy atom. The molecular formula is C16H28BNO3. The van der Waals surface area contributed by atoms with Crippen molar-refractivity contribution in [3.63, 3.8) is 0 Å². The summed E-state index contributed by atoms with van der Waals surface area (Å²) in [6.45, 7) is 7.40. The largest absolute Gasteiger partial charge is 0.497 e. The van der Waals surface area contributed by atoms with Crippen LogP contribution in [0.1, 0.15) is 45.1 Å². The van der Waals surface area contributed by atoms with Gasteiger partial charge in [-0.05, 0) is 37.6 Å². The number of hydrogen-bond acceptors (Lipinski definition) is 4. The fraction of sp³-hybridized carbons (Fsp3) is 0.625. The molecule has 1 rings (SSSR count). The summed E-state index contributed by atoms with van der Waals surface area (Å²) in [5.74, 6) is 0.516. The molecule has 0 aliphatic rings. The molecule has 0 spiro atoms. The van der Waals surface area contributed by atoms with Crippen LogP contribution in [-0.2, 0) is 6.54 Å². The smallest absolute Gasteiger partial charge is 0.492 e. The van der Waals surface area contributed by atoms with E-state index in [4.69, 9.17) is 4.74 Å². The first kappa shape index (κ1) is 18.0. The van der Waals surface area contributed by atoms with Gasteiger partial charge in [-0.3, -0.25) is 4.90 Å². The van der Waals surface area contributed by atoms with Crippen molar-refractivity contribution in [1.82, 2.24) is 4.90 Å². The second-order valence-electron chi connectivity index (χ2n) is 5.43. The zero-order valence-corrected chi connectivity index (χ0v) is 13.5. The van der Waals surface area contributed by atoms with E-state index in [2.05, 4.69) is 18.7 Å². The highest BCUT2D eigenvalue weighted by molar-refractivity contribution is 6.59. The molecule has 0 aliphatic heterocycles. The molecule has 4 nitrogen and oxygen atoms in total. The maximum atomic E-state index is 9.44. The van der Waals surface area contributed by atoms with Gasteiger partial charge in [-0.2, -0.15) is 0 Å². The molecule has 21 heavy (non-hydrogen) atoms. The van der Waals surface area contributed by atoms with Crippen molar-refractivity contribution in [2.24, 2.45) is 0 Å². The number of nitrogens with zero attached hydrogens (tertiary/aromatic N) is 1. The van der Waals surface area contributed by atoms with Gasteiger partial charge in [-0.1, -0.05) is 38.8 Å². The maximum Gasteiger partial charge on any atom is 0.492 e. The van der Waals surface area contributed by atoms with Gasteiger partial charge in [0.1, 0.15) is 5.75 Å². The van der Waals surface area contributed by atoms with Crippen LogP contribution in [0.25, 0.3) is 0 Å². The van der Waals surface area contributed by atoms with Gasteiger partial charge < -0.3 is 14.8 Å². The summed E-state index contributed by atoms with van der Waals surface area (Å²) >= 11 is 0. The minimum absolute atomic E-state index is 0.431. The monoisotopic (exact) mass is 293 g/mol. The first-order chi connectivity index (χ1) is 10.1. The number of ether oxygens (including phenoxy) is 1. The van der Waals surface area contributed by atoms with Crippen LogP contribution in [0.5, 0.6) is 5.75 Å². The average molecular weight is 293 g/mol. The fourth-order valence-corrected chi connectivity index (χ4v) is 2.38. The second-order valence-corrected chi connectivity index (χ2v) is 5.43. The summed E-state index contributed by atoms with van der Waals surface area (Å²) in [4.78, 5) is 2.43. The van der Waals surface area contributed by atoms with E-state index in [1.54, 1.807) is 0 Å². The van der Waals surface area contributed by atoms with E-state index < -0.39 is 7.12 Å². The molecule has 0 aromatic heterocycles. The first-order valence-electron chi connectivity index (χ1n) is 7.87. The van der Waals surface area contributed by atoms with Crippen LogP contribution in [0.2, 0.25) is 0 Å². The summed E-state index contributed by atoms with van der Waals surface area (Å²) < 4.78 is 5.16. The molecule has 1 aromatic carbocycles. The molecule has 0 heterocycles. The lowest BCUT2D eigenvalue weighted by Crippen LogP contribution is -2.32. The Hall–Kier alpha value is -1.04. The van der Waals surface area contributed by atoms with Crippen LogP contribution in [-0.4, -0.2) is 42.3 Å². The van der Waals surface area contributed by atoms with Gasteiger partial charge in [0.15, 0.2) is 0 Å². The van der Waals surface area contributed by atoms with E-state index in [9.17, 15) is 10.0 Å². The SMILES string of the molecule is CCCCN(CCCC)Cc1ccc(OC)c(B(O)O)c1. The molecule has 0 amide bonds. The maximum absolute atomic E-state index is 9.44. The van der Waals surface area contributed by atoms with Crippen molar-refractivity contribution in [3.8, 4) is 5.75 Å². The van der Waals surface area contributed by atoms with Gasteiger partial charge in [0.25, 0.3) is 0 Å². The summed E-state index contributed by atoms with van der Waals surface area (Å²) in [6, 6.07) is 5.63. The van der Waals surface area contributed by atoms with Crippen molar-refractivity contribution in [2.45, 2.75) is 46.1 Å². The third kappa shape index (κ3) is 6.08. The summed E-state index contributed by atoms with van der Waals surface area (Å²) in [5.41, 5.74) is 1.52. The Balaban J connectivity index is 2.79.